The molecule has 0 aliphatic rings. The van der Waals surface area contributed by atoms with Gasteiger partial charge in [0.1, 0.15) is 19.0 Å². The summed E-state index contributed by atoms with van der Waals surface area (Å²) in [6.45, 7) is 2.36. The van der Waals surface area contributed by atoms with Crippen LogP contribution in [0.25, 0.3) is 0 Å². The molecule has 0 spiro atoms. The first-order chi connectivity index (χ1) is 13.1. The van der Waals surface area contributed by atoms with Crippen LogP contribution in [0.4, 0.5) is 0 Å². The fraction of sp³-hybridized carbons (Fsp3) is 0.182. The van der Waals surface area contributed by atoms with Gasteiger partial charge in [-0.25, -0.2) is 9.59 Å². The minimum atomic E-state index is -0.497. The van der Waals surface area contributed by atoms with Crippen LogP contribution in [0.5, 0.6) is 5.75 Å². The summed E-state index contributed by atoms with van der Waals surface area (Å²) in [6, 6.07) is 15.0. The van der Waals surface area contributed by atoms with Crippen molar-refractivity contribution in [2.75, 3.05) is 7.11 Å². The largest absolute Gasteiger partial charge is 0.497 e. The van der Waals surface area contributed by atoms with Crippen molar-refractivity contribution in [3.05, 3.63) is 89.5 Å². The molecule has 0 radical (unpaired) electrons. The number of carbonyl (C=O) groups is 2. The van der Waals surface area contributed by atoms with E-state index in [-0.39, 0.29) is 13.2 Å². The summed E-state index contributed by atoms with van der Waals surface area (Å²) in [5.41, 5.74) is 2.92. The lowest BCUT2D eigenvalue weighted by Crippen LogP contribution is -2.01. The highest BCUT2D eigenvalue weighted by Crippen LogP contribution is 2.12. The third-order valence-electron chi connectivity index (χ3n) is 3.62. The Balaban J connectivity index is 1.68. The first-order valence-electron chi connectivity index (χ1n) is 8.43. The molecule has 5 heteroatoms. The number of allylic oxidation sites excluding steroid dienone is 2. The van der Waals surface area contributed by atoms with E-state index in [9.17, 15) is 9.59 Å². The highest BCUT2D eigenvalue weighted by molar-refractivity contribution is 5.84. The van der Waals surface area contributed by atoms with Gasteiger partial charge in [0.15, 0.2) is 0 Å². The lowest BCUT2D eigenvalue weighted by atomic mass is 10.2. The van der Waals surface area contributed by atoms with Gasteiger partial charge in [-0.05, 0) is 30.2 Å². The Bertz CT molecular complexity index is 802. The fourth-order valence-electron chi connectivity index (χ4n) is 2.08. The topological polar surface area (TPSA) is 61.8 Å². The van der Waals surface area contributed by atoms with Crippen molar-refractivity contribution in [1.29, 1.82) is 0 Å². The standard InChI is InChI=1S/C22H22O5/c1-17-7-9-18(10-8-17)15-26-21(23)5-3-4-6-22(24)27-16-19-11-13-20(25-2)14-12-19/h3-14H,15-16H2,1-2H3/b5-3+,6-4+. The SMILES string of the molecule is COc1ccc(COC(=O)/C=C/C=C/C(=O)OCc2ccc(C)cc2)cc1. The molecule has 5 nitrogen and oxygen atoms in total. The molecule has 0 aliphatic carbocycles. The maximum atomic E-state index is 11.6. The van der Waals surface area contributed by atoms with Crippen molar-refractivity contribution in [2.45, 2.75) is 20.1 Å². The number of benzene rings is 2. The number of rotatable bonds is 8. The van der Waals surface area contributed by atoms with E-state index in [0.717, 1.165) is 22.4 Å². The summed E-state index contributed by atoms with van der Waals surface area (Å²) in [6.07, 6.45) is 5.37. The van der Waals surface area contributed by atoms with E-state index in [4.69, 9.17) is 14.2 Å². The molecule has 27 heavy (non-hydrogen) atoms. The van der Waals surface area contributed by atoms with E-state index in [1.807, 2.05) is 43.3 Å². The zero-order valence-electron chi connectivity index (χ0n) is 15.4. The smallest absolute Gasteiger partial charge is 0.331 e. The lowest BCUT2D eigenvalue weighted by Gasteiger charge is -2.03. The van der Waals surface area contributed by atoms with Crippen LogP contribution < -0.4 is 4.74 Å². The summed E-state index contributed by atoms with van der Waals surface area (Å²) in [5.74, 6) is -0.236. The number of hydrogen-bond donors (Lipinski definition) is 0. The van der Waals surface area contributed by atoms with Crippen molar-refractivity contribution in [1.82, 2.24) is 0 Å². The van der Waals surface area contributed by atoms with Crippen molar-refractivity contribution in [3.8, 4) is 5.75 Å². The molecule has 0 bridgehead atoms. The second kappa shape index (κ2) is 10.6. The van der Waals surface area contributed by atoms with Gasteiger partial charge in [0.05, 0.1) is 7.11 Å². The third kappa shape index (κ3) is 7.61. The highest BCUT2D eigenvalue weighted by atomic mass is 16.5. The summed E-state index contributed by atoms with van der Waals surface area (Å²) < 4.78 is 15.3. The van der Waals surface area contributed by atoms with Crippen LogP contribution in [0.3, 0.4) is 0 Å². The molecule has 0 saturated heterocycles. The first kappa shape index (κ1) is 20.0. The molecular formula is C22H22O5. The Morgan fingerprint density at radius 1 is 0.778 bits per heavy atom. The molecule has 0 aromatic heterocycles. The molecule has 140 valence electrons. The zero-order chi connectivity index (χ0) is 19.5. The maximum Gasteiger partial charge on any atom is 0.331 e. The Morgan fingerprint density at radius 3 is 1.67 bits per heavy atom. The van der Waals surface area contributed by atoms with Gasteiger partial charge in [-0.2, -0.15) is 0 Å². The monoisotopic (exact) mass is 366 g/mol. The Morgan fingerprint density at radius 2 is 1.22 bits per heavy atom. The average Bonchev–Trinajstić information content (AvgIpc) is 2.69. The molecule has 0 fully saturated rings. The summed E-state index contributed by atoms with van der Waals surface area (Å²) >= 11 is 0. The van der Waals surface area contributed by atoms with Crippen LogP contribution in [-0.4, -0.2) is 19.0 Å². The van der Waals surface area contributed by atoms with E-state index < -0.39 is 11.9 Å². The first-order valence-corrected chi connectivity index (χ1v) is 8.43. The van der Waals surface area contributed by atoms with E-state index in [2.05, 4.69) is 0 Å². The molecule has 0 atom stereocenters. The number of esters is 2. The molecule has 0 saturated carbocycles. The van der Waals surface area contributed by atoms with Gasteiger partial charge in [0.25, 0.3) is 0 Å². The quantitative estimate of drug-likeness (QED) is 0.403. The minimum absolute atomic E-state index is 0.162. The van der Waals surface area contributed by atoms with Crippen molar-refractivity contribution in [3.63, 3.8) is 0 Å². The molecule has 0 N–H and O–H groups in total. The van der Waals surface area contributed by atoms with Gasteiger partial charge in [0, 0.05) is 12.2 Å². The van der Waals surface area contributed by atoms with E-state index in [1.54, 1.807) is 19.2 Å². The molecule has 2 aromatic carbocycles. The zero-order valence-corrected chi connectivity index (χ0v) is 15.4. The van der Waals surface area contributed by atoms with Gasteiger partial charge < -0.3 is 14.2 Å². The Labute approximate surface area is 158 Å². The van der Waals surface area contributed by atoms with Crippen LogP contribution in [-0.2, 0) is 32.3 Å². The van der Waals surface area contributed by atoms with Crippen molar-refractivity contribution >= 4 is 11.9 Å². The fourth-order valence-corrected chi connectivity index (χ4v) is 2.08. The van der Waals surface area contributed by atoms with E-state index in [1.165, 1.54) is 24.3 Å². The number of carbonyl (C=O) groups excluding carboxylic acids is 2. The lowest BCUT2D eigenvalue weighted by molar-refractivity contribution is -0.140. The molecule has 2 rings (SSSR count). The molecule has 0 amide bonds. The van der Waals surface area contributed by atoms with Crippen molar-refractivity contribution < 1.29 is 23.8 Å². The van der Waals surface area contributed by atoms with E-state index in [0.29, 0.717) is 0 Å². The van der Waals surface area contributed by atoms with Gasteiger partial charge in [-0.3, -0.25) is 0 Å². The predicted molar refractivity (Wildman–Crippen MR) is 102 cm³/mol. The van der Waals surface area contributed by atoms with Crippen LogP contribution in [0, 0.1) is 6.92 Å². The van der Waals surface area contributed by atoms with Gasteiger partial charge in [-0.1, -0.05) is 54.1 Å². The summed E-state index contributed by atoms with van der Waals surface area (Å²) in [7, 11) is 1.59. The second-order valence-electron chi connectivity index (χ2n) is 5.77. The molecule has 0 aliphatic heterocycles. The van der Waals surface area contributed by atoms with Gasteiger partial charge >= 0.3 is 11.9 Å². The second-order valence-corrected chi connectivity index (χ2v) is 5.77. The maximum absolute atomic E-state index is 11.6. The van der Waals surface area contributed by atoms with Crippen LogP contribution in [0.1, 0.15) is 16.7 Å². The van der Waals surface area contributed by atoms with Crippen LogP contribution >= 0.6 is 0 Å². The average molecular weight is 366 g/mol. The third-order valence-corrected chi connectivity index (χ3v) is 3.62. The van der Waals surface area contributed by atoms with Crippen molar-refractivity contribution in [2.24, 2.45) is 0 Å². The van der Waals surface area contributed by atoms with Crippen LogP contribution in [0.2, 0.25) is 0 Å². The molecule has 2 aromatic rings. The molecule has 0 unspecified atom stereocenters. The predicted octanol–water partition coefficient (Wildman–Crippen LogP) is 3.90. The van der Waals surface area contributed by atoms with Crippen LogP contribution in [0.15, 0.2) is 72.8 Å². The van der Waals surface area contributed by atoms with Gasteiger partial charge in [0.2, 0.25) is 0 Å². The molecular weight excluding hydrogens is 344 g/mol. The number of hydrogen-bond acceptors (Lipinski definition) is 5. The van der Waals surface area contributed by atoms with E-state index >= 15 is 0 Å². The number of methoxy groups -OCH3 is 1. The normalized spacial score (nSPS) is 10.9. The Hall–Kier alpha value is -3.34. The summed E-state index contributed by atoms with van der Waals surface area (Å²) in [5, 5.41) is 0. The summed E-state index contributed by atoms with van der Waals surface area (Å²) in [4.78, 5) is 23.3. The molecule has 0 heterocycles. The Kier molecular flexibility index (Phi) is 7.85. The van der Waals surface area contributed by atoms with Gasteiger partial charge in [-0.15, -0.1) is 0 Å². The number of ether oxygens (including phenoxy) is 3. The highest BCUT2D eigenvalue weighted by Gasteiger charge is 2.00. The number of aryl methyl sites for hydroxylation is 1. The minimum Gasteiger partial charge on any atom is -0.497 e.